The van der Waals surface area contributed by atoms with Gasteiger partial charge in [-0.1, -0.05) is 12.2 Å². The Kier molecular flexibility index (Phi) is 11.9. The molecule has 0 bridgehead atoms. The van der Waals surface area contributed by atoms with E-state index in [4.69, 9.17) is 19.5 Å². The van der Waals surface area contributed by atoms with E-state index in [1.165, 1.54) is 0 Å². The quantitative estimate of drug-likeness (QED) is 0.324. The van der Waals surface area contributed by atoms with Gasteiger partial charge in [0.25, 0.3) is 10.1 Å². The Hall–Kier alpha value is -0.730. The third-order valence-corrected chi connectivity index (χ3v) is 1.89. The molecule has 1 atom stereocenters. The molecule has 3 N–H and O–H groups in total. The van der Waals surface area contributed by atoms with Crippen molar-refractivity contribution in [1.82, 2.24) is 0 Å². The van der Waals surface area contributed by atoms with Gasteiger partial charge in [-0.2, -0.15) is 8.42 Å². The van der Waals surface area contributed by atoms with Crippen molar-refractivity contribution in [3.63, 3.8) is 0 Å². The maximum atomic E-state index is 9.88. The third kappa shape index (κ3) is 18.9. The molecule has 0 rings (SSSR count). The lowest BCUT2D eigenvalue weighted by molar-refractivity contribution is 0.111. The number of hydrogen-bond acceptors (Lipinski definition) is 5. The van der Waals surface area contributed by atoms with Crippen LogP contribution in [0.15, 0.2) is 25.3 Å². The van der Waals surface area contributed by atoms with Crippen LogP contribution in [0.1, 0.15) is 0 Å². The minimum atomic E-state index is -4.15. The average Bonchev–Trinajstić information content (AvgIpc) is 2.17. The first-order chi connectivity index (χ1) is 7.37. The fourth-order valence-corrected chi connectivity index (χ4v) is 1.12. The summed E-state index contributed by atoms with van der Waals surface area (Å²) >= 11 is 0. The molecule has 0 aliphatic heterocycles. The van der Waals surface area contributed by atoms with E-state index in [1.807, 2.05) is 0 Å². The molecule has 0 radical (unpaired) electrons. The molecule has 0 saturated carbocycles. The van der Waals surface area contributed by atoms with Crippen molar-refractivity contribution < 1.29 is 27.9 Å². The minimum absolute atomic E-state index is 0.617. The fourth-order valence-electron chi connectivity index (χ4n) is 0.531. The monoisotopic (exact) mass is 254 g/mol. The van der Waals surface area contributed by atoms with E-state index in [2.05, 4.69) is 13.2 Å². The lowest BCUT2D eigenvalue weighted by Gasteiger charge is -2.01. The van der Waals surface area contributed by atoms with Crippen LogP contribution in [0.2, 0.25) is 0 Å². The topological polar surface area (TPSA) is 104 Å². The van der Waals surface area contributed by atoms with Crippen molar-refractivity contribution in [1.29, 1.82) is 0 Å². The summed E-state index contributed by atoms with van der Waals surface area (Å²) in [5.41, 5.74) is 0. The minimum Gasteiger partial charge on any atom is -0.394 e. The molecule has 0 aliphatic rings. The number of aliphatic hydroxyl groups is 2. The van der Waals surface area contributed by atoms with Crippen molar-refractivity contribution in [3.8, 4) is 0 Å². The standard InChI is InChI=1S/C6H10O.C3H8O5S/c1-3-5-7-6-4-2;4-1-3(5)2-9(6,7)8/h3-4H,1-2,5-6H2;3-5H,1-2H2,(H,6,7,8). The highest BCUT2D eigenvalue weighted by Gasteiger charge is 2.11. The van der Waals surface area contributed by atoms with Crippen LogP contribution >= 0.6 is 0 Å². The molecule has 1 unspecified atom stereocenters. The van der Waals surface area contributed by atoms with Gasteiger partial charge in [0.15, 0.2) is 0 Å². The number of rotatable bonds is 7. The molecule has 0 spiro atoms. The maximum absolute atomic E-state index is 9.88. The van der Waals surface area contributed by atoms with Gasteiger partial charge in [-0.25, -0.2) is 0 Å². The first-order valence-electron chi connectivity index (χ1n) is 4.41. The summed E-state index contributed by atoms with van der Waals surface area (Å²) in [5.74, 6) is -0.816. The Labute approximate surface area is 95.6 Å². The molecular formula is C9H18O6S. The second kappa shape index (κ2) is 10.8. The van der Waals surface area contributed by atoms with Crippen LogP contribution in [0.4, 0.5) is 0 Å². The lowest BCUT2D eigenvalue weighted by Crippen LogP contribution is -2.23. The summed E-state index contributed by atoms with van der Waals surface area (Å²) < 4.78 is 32.7. The molecule has 16 heavy (non-hydrogen) atoms. The van der Waals surface area contributed by atoms with Crippen LogP contribution in [0, 0.1) is 0 Å². The van der Waals surface area contributed by atoms with Crippen LogP contribution in [0.3, 0.4) is 0 Å². The molecule has 0 aliphatic carbocycles. The Morgan fingerprint density at radius 1 is 1.25 bits per heavy atom. The molecular weight excluding hydrogens is 236 g/mol. The predicted molar refractivity (Wildman–Crippen MR) is 60.7 cm³/mol. The largest absolute Gasteiger partial charge is 0.394 e. The highest BCUT2D eigenvalue weighted by molar-refractivity contribution is 7.85. The van der Waals surface area contributed by atoms with Crippen LogP contribution in [-0.2, 0) is 14.9 Å². The maximum Gasteiger partial charge on any atom is 0.267 e. The zero-order valence-electron chi connectivity index (χ0n) is 8.95. The van der Waals surface area contributed by atoms with E-state index < -0.39 is 28.6 Å². The molecule has 0 aromatic rings. The third-order valence-electron chi connectivity index (χ3n) is 1.09. The van der Waals surface area contributed by atoms with Gasteiger partial charge in [-0.15, -0.1) is 13.2 Å². The summed E-state index contributed by atoms with van der Waals surface area (Å²) in [7, 11) is -4.15. The Bertz CT molecular complexity index is 264. The number of hydrogen-bond donors (Lipinski definition) is 3. The van der Waals surface area contributed by atoms with E-state index in [1.54, 1.807) is 12.2 Å². The van der Waals surface area contributed by atoms with Crippen molar-refractivity contribution in [3.05, 3.63) is 25.3 Å². The van der Waals surface area contributed by atoms with E-state index in [0.717, 1.165) is 0 Å². The zero-order chi connectivity index (χ0) is 13.0. The summed E-state index contributed by atoms with van der Waals surface area (Å²) in [6, 6.07) is 0. The smallest absolute Gasteiger partial charge is 0.267 e. The van der Waals surface area contributed by atoms with Gasteiger partial charge in [0.1, 0.15) is 5.75 Å². The molecule has 7 heteroatoms. The van der Waals surface area contributed by atoms with Gasteiger partial charge >= 0.3 is 0 Å². The normalized spacial score (nSPS) is 12.2. The van der Waals surface area contributed by atoms with Gasteiger partial charge in [-0.05, 0) is 0 Å². The second-order valence-corrected chi connectivity index (χ2v) is 4.20. The van der Waals surface area contributed by atoms with Crippen LogP contribution in [0.5, 0.6) is 0 Å². The molecule has 0 heterocycles. The Morgan fingerprint density at radius 3 is 1.88 bits per heavy atom. The van der Waals surface area contributed by atoms with E-state index >= 15 is 0 Å². The molecule has 6 nitrogen and oxygen atoms in total. The van der Waals surface area contributed by atoms with Gasteiger partial charge in [0.05, 0.1) is 25.9 Å². The molecule has 0 aromatic heterocycles. The van der Waals surface area contributed by atoms with Crippen LogP contribution in [-0.4, -0.2) is 54.9 Å². The summed E-state index contributed by atoms with van der Waals surface area (Å²) in [4.78, 5) is 0. The van der Waals surface area contributed by atoms with Gasteiger partial charge < -0.3 is 14.9 Å². The van der Waals surface area contributed by atoms with E-state index in [-0.39, 0.29) is 0 Å². The van der Waals surface area contributed by atoms with Crippen molar-refractivity contribution in [2.24, 2.45) is 0 Å². The Balaban J connectivity index is 0. The lowest BCUT2D eigenvalue weighted by atomic mass is 10.4. The highest BCUT2D eigenvalue weighted by atomic mass is 32.2. The van der Waals surface area contributed by atoms with E-state index in [9.17, 15) is 8.42 Å². The first kappa shape index (κ1) is 17.7. The highest BCUT2D eigenvalue weighted by Crippen LogP contribution is 1.87. The molecule has 96 valence electrons. The summed E-state index contributed by atoms with van der Waals surface area (Å²) in [6.07, 6.45) is 2.03. The van der Waals surface area contributed by atoms with Crippen LogP contribution < -0.4 is 0 Å². The van der Waals surface area contributed by atoms with Gasteiger partial charge in [0, 0.05) is 0 Å². The van der Waals surface area contributed by atoms with Crippen molar-refractivity contribution in [2.75, 3.05) is 25.6 Å². The van der Waals surface area contributed by atoms with Gasteiger partial charge in [0.2, 0.25) is 0 Å². The van der Waals surface area contributed by atoms with Crippen LogP contribution in [0.25, 0.3) is 0 Å². The summed E-state index contributed by atoms with van der Waals surface area (Å²) in [6.45, 7) is 7.51. The van der Waals surface area contributed by atoms with Gasteiger partial charge in [-0.3, -0.25) is 4.55 Å². The molecule has 0 fully saturated rings. The average molecular weight is 254 g/mol. The summed E-state index contributed by atoms with van der Waals surface area (Å²) in [5, 5.41) is 16.5. The molecule has 0 amide bonds. The molecule has 0 aromatic carbocycles. The van der Waals surface area contributed by atoms with E-state index in [0.29, 0.717) is 13.2 Å². The molecule has 0 saturated heterocycles. The fraction of sp³-hybridized carbons (Fsp3) is 0.556. The van der Waals surface area contributed by atoms with Crippen molar-refractivity contribution in [2.45, 2.75) is 6.10 Å². The zero-order valence-corrected chi connectivity index (χ0v) is 9.77. The number of ether oxygens (including phenoxy) is 1. The number of aliphatic hydroxyl groups excluding tert-OH is 2. The van der Waals surface area contributed by atoms with Crippen molar-refractivity contribution >= 4 is 10.1 Å². The predicted octanol–water partition coefficient (Wildman–Crippen LogP) is -0.398. The SMILES string of the molecule is C=CCOCC=C.O=S(=O)(O)CC(O)CO. The second-order valence-electron chi connectivity index (χ2n) is 2.70. The Morgan fingerprint density at radius 2 is 1.69 bits per heavy atom. The first-order valence-corrected chi connectivity index (χ1v) is 6.02.